The van der Waals surface area contributed by atoms with E-state index in [1.54, 1.807) is 12.1 Å². The maximum Gasteiger partial charge on any atom is 0.250 e. The molecule has 1 saturated heterocycles. The van der Waals surface area contributed by atoms with Crippen molar-refractivity contribution in [3.63, 3.8) is 0 Å². The van der Waals surface area contributed by atoms with Crippen LogP contribution in [0.4, 0.5) is 0 Å². The van der Waals surface area contributed by atoms with Crippen LogP contribution in [0.1, 0.15) is 6.42 Å². The molecule has 0 radical (unpaired) electrons. The molecule has 108 valence electrons. The Morgan fingerprint density at radius 2 is 2.11 bits per heavy atom. The molecule has 2 heterocycles. The highest BCUT2D eigenvalue weighted by molar-refractivity contribution is 9.11. The molecular weight excluding hydrogens is 350 g/mol. The van der Waals surface area contributed by atoms with Gasteiger partial charge in [0.2, 0.25) is 10.0 Å². The Kier molecular flexibility index (Phi) is 5.79. The van der Waals surface area contributed by atoms with Crippen LogP contribution >= 0.6 is 27.3 Å². The lowest BCUT2D eigenvalue weighted by Gasteiger charge is -2.26. The lowest BCUT2D eigenvalue weighted by molar-refractivity contribution is 0.239. The van der Waals surface area contributed by atoms with Gasteiger partial charge in [0, 0.05) is 32.7 Å². The predicted octanol–water partition coefficient (Wildman–Crippen LogP) is 1.08. The highest BCUT2D eigenvalue weighted by Crippen LogP contribution is 2.25. The van der Waals surface area contributed by atoms with Crippen molar-refractivity contribution in [2.24, 2.45) is 0 Å². The van der Waals surface area contributed by atoms with Crippen molar-refractivity contribution in [1.82, 2.24) is 14.9 Å². The molecule has 0 amide bonds. The van der Waals surface area contributed by atoms with Gasteiger partial charge in [-0.25, -0.2) is 13.1 Å². The van der Waals surface area contributed by atoms with Crippen molar-refractivity contribution in [2.75, 3.05) is 39.3 Å². The standard InChI is InChI=1S/C11H18BrN3O2S2/c12-10-2-3-11(18-10)19(16,17)14-4-1-7-15-8-5-13-6-9-15/h2-3,13-14H,1,4-9H2. The van der Waals surface area contributed by atoms with E-state index < -0.39 is 10.0 Å². The fourth-order valence-corrected chi connectivity index (χ4v) is 5.09. The minimum atomic E-state index is -3.33. The molecule has 0 aliphatic carbocycles. The number of piperazine rings is 1. The van der Waals surface area contributed by atoms with Gasteiger partial charge in [0.15, 0.2) is 0 Å². The first kappa shape index (κ1) is 15.4. The molecule has 1 aliphatic rings. The van der Waals surface area contributed by atoms with E-state index >= 15 is 0 Å². The van der Waals surface area contributed by atoms with E-state index in [2.05, 4.69) is 30.9 Å². The topological polar surface area (TPSA) is 61.4 Å². The smallest absolute Gasteiger partial charge is 0.250 e. The average Bonchev–Trinajstić information content (AvgIpc) is 2.84. The first-order chi connectivity index (χ1) is 9.08. The van der Waals surface area contributed by atoms with Gasteiger partial charge in [-0.2, -0.15) is 0 Å². The Bertz CT molecular complexity index is 498. The Morgan fingerprint density at radius 1 is 1.37 bits per heavy atom. The summed E-state index contributed by atoms with van der Waals surface area (Å²) >= 11 is 4.50. The van der Waals surface area contributed by atoms with Gasteiger partial charge in [-0.05, 0) is 41.0 Å². The van der Waals surface area contributed by atoms with Gasteiger partial charge < -0.3 is 10.2 Å². The summed E-state index contributed by atoms with van der Waals surface area (Å²) in [5.41, 5.74) is 0. The molecule has 1 aliphatic heterocycles. The summed E-state index contributed by atoms with van der Waals surface area (Å²) in [5.74, 6) is 0. The van der Waals surface area contributed by atoms with Crippen LogP contribution in [-0.4, -0.2) is 52.6 Å². The zero-order valence-corrected chi connectivity index (χ0v) is 13.8. The summed E-state index contributed by atoms with van der Waals surface area (Å²) in [7, 11) is -3.33. The summed E-state index contributed by atoms with van der Waals surface area (Å²) in [6.45, 7) is 5.57. The molecule has 0 spiro atoms. The highest BCUT2D eigenvalue weighted by atomic mass is 79.9. The summed E-state index contributed by atoms with van der Waals surface area (Å²) in [6.07, 6.45) is 0.839. The molecule has 19 heavy (non-hydrogen) atoms. The van der Waals surface area contributed by atoms with E-state index in [9.17, 15) is 8.42 Å². The van der Waals surface area contributed by atoms with Gasteiger partial charge in [-0.3, -0.25) is 0 Å². The number of rotatable bonds is 6. The molecule has 8 heteroatoms. The molecule has 0 unspecified atom stereocenters. The molecule has 1 aromatic rings. The van der Waals surface area contributed by atoms with Crippen LogP contribution in [0.25, 0.3) is 0 Å². The molecule has 0 saturated carbocycles. The third kappa shape index (κ3) is 4.80. The van der Waals surface area contributed by atoms with Crippen LogP contribution in [0.15, 0.2) is 20.1 Å². The highest BCUT2D eigenvalue weighted by Gasteiger charge is 2.16. The summed E-state index contributed by atoms with van der Waals surface area (Å²) < 4.78 is 27.7. The molecule has 0 atom stereocenters. The van der Waals surface area contributed by atoms with Gasteiger partial charge >= 0.3 is 0 Å². The lowest BCUT2D eigenvalue weighted by Crippen LogP contribution is -2.44. The fourth-order valence-electron chi connectivity index (χ4n) is 1.96. The van der Waals surface area contributed by atoms with Crippen molar-refractivity contribution in [2.45, 2.75) is 10.6 Å². The second kappa shape index (κ2) is 7.14. The van der Waals surface area contributed by atoms with Gasteiger partial charge in [0.1, 0.15) is 4.21 Å². The number of nitrogens with zero attached hydrogens (tertiary/aromatic N) is 1. The van der Waals surface area contributed by atoms with E-state index in [4.69, 9.17) is 0 Å². The van der Waals surface area contributed by atoms with E-state index in [1.165, 1.54) is 11.3 Å². The normalized spacial score (nSPS) is 17.7. The van der Waals surface area contributed by atoms with Gasteiger partial charge in [0.05, 0.1) is 3.79 Å². The van der Waals surface area contributed by atoms with Gasteiger partial charge in [-0.1, -0.05) is 0 Å². The monoisotopic (exact) mass is 367 g/mol. The van der Waals surface area contributed by atoms with Crippen LogP contribution in [0.2, 0.25) is 0 Å². The van der Waals surface area contributed by atoms with Crippen molar-refractivity contribution < 1.29 is 8.42 Å². The molecule has 1 fully saturated rings. The number of thiophene rings is 1. The molecular formula is C11H18BrN3O2S2. The number of sulfonamides is 1. The third-order valence-corrected chi connectivity index (χ3v) is 6.54. The average molecular weight is 368 g/mol. The van der Waals surface area contributed by atoms with Crippen LogP contribution in [0, 0.1) is 0 Å². The van der Waals surface area contributed by atoms with Gasteiger partial charge in [0.25, 0.3) is 0 Å². The Balaban J connectivity index is 1.72. The third-order valence-electron chi connectivity index (χ3n) is 2.97. The first-order valence-corrected chi connectivity index (χ1v) is 9.35. The van der Waals surface area contributed by atoms with E-state index in [-0.39, 0.29) is 0 Å². The summed E-state index contributed by atoms with van der Waals surface area (Å²) in [6, 6.07) is 3.37. The molecule has 1 aromatic heterocycles. The van der Waals surface area contributed by atoms with Crippen LogP contribution in [0.3, 0.4) is 0 Å². The van der Waals surface area contributed by atoms with Crippen LogP contribution in [0.5, 0.6) is 0 Å². The zero-order chi connectivity index (χ0) is 13.7. The molecule has 5 nitrogen and oxygen atoms in total. The quantitative estimate of drug-likeness (QED) is 0.738. The largest absolute Gasteiger partial charge is 0.314 e. The van der Waals surface area contributed by atoms with Crippen LogP contribution in [-0.2, 0) is 10.0 Å². The number of hydrogen-bond acceptors (Lipinski definition) is 5. The zero-order valence-electron chi connectivity index (χ0n) is 10.6. The van der Waals surface area contributed by atoms with Crippen LogP contribution < -0.4 is 10.0 Å². The number of hydrogen-bond donors (Lipinski definition) is 2. The molecule has 2 N–H and O–H groups in total. The maximum absolute atomic E-state index is 12.0. The van der Waals surface area contributed by atoms with E-state index in [1.807, 2.05) is 0 Å². The summed E-state index contributed by atoms with van der Waals surface area (Å²) in [5, 5.41) is 3.30. The lowest BCUT2D eigenvalue weighted by atomic mass is 10.3. The fraction of sp³-hybridized carbons (Fsp3) is 0.636. The van der Waals surface area contributed by atoms with E-state index in [0.29, 0.717) is 10.8 Å². The van der Waals surface area contributed by atoms with Crippen molar-refractivity contribution in [3.8, 4) is 0 Å². The van der Waals surface area contributed by atoms with Gasteiger partial charge in [-0.15, -0.1) is 11.3 Å². The number of nitrogens with one attached hydrogen (secondary N) is 2. The maximum atomic E-state index is 12.0. The molecule has 2 rings (SSSR count). The van der Waals surface area contributed by atoms with E-state index in [0.717, 1.165) is 42.9 Å². The Morgan fingerprint density at radius 3 is 2.74 bits per heavy atom. The minimum absolute atomic E-state index is 0.363. The Labute approximate surface area is 126 Å². The second-order valence-corrected chi connectivity index (χ2v) is 8.86. The first-order valence-electron chi connectivity index (χ1n) is 6.26. The van der Waals surface area contributed by atoms with Crippen molar-refractivity contribution in [3.05, 3.63) is 15.9 Å². The van der Waals surface area contributed by atoms with Crippen molar-refractivity contribution in [1.29, 1.82) is 0 Å². The minimum Gasteiger partial charge on any atom is -0.314 e. The SMILES string of the molecule is O=S(=O)(NCCCN1CCNCC1)c1ccc(Br)s1. The predicted molar refractivity (Wildman–Crippen MR) is 81.1 cm³/mol. The second-order valence-electron chi connectivity index (χ2n) is 4.40. The molecule has 0 bridgehead atoms. The summed E-state index contributed by atoms with van der Waals surface area (Å²) in [4.78, 5) is 2.35. The molecule has 0 aromatic carbocycles. The van der Waals surface area contributed by atoms with Crippen molar-refractivity contribution >= 4 is 37.3 Å². The Hall–Kier alpha value is 0.01000. The number of halogens is 1.